The molecule has 216 valence electrons. The SMILES string of the molecule is C/C=C/C(P1(=O)Oc2ccccc2CN1c1ccc(F)c(Cl)c1)P1(=O)Oc2ccccc2CN1c1ccc(F)c(Cl)c1. The molecule has 4 aromatic carbocycles. The van der Waals surface area contributed by atoms with E-state index in [0.29, 0.717) is 22.9 Å². The van der Waals surface area contributed by atoms with E-state index in [1.165, 1.54) is 45.7 Å². The Labute approximate surface area is 252 Å². The van der Waals surface area contributed by atoms with E-state index in [9.17, 15) is 8.78 Å². The smallest absolute Gasteiger partial charge is 0.363 e. The number of benzene rings is 4. The van der Waals surface area contributed by atoms with Crippen LogP contribution in [0, 0.1) is 11.6 Å². The van der Waals surface area contributed by atoms with Crippen LogP contribution < -0.4 is 18.4 Å². The van der Waals surface area contributed by atoms with Gasteiger partial charge in [-0.1, -0.05) is 71.8 Å². The van der Waals surface area contributed by atoms with Gasteiger partial charge in [0.05, 0.1) is 23.1 Å². The van der Waals surface area contributed by atoms with Crippen molar-refractivity contribution in [2.45, 2.75) is 25.4 Å². The van der Waals surface area contributed by atoms with Gasteiger partial charge < -0.3 is 9.05 Å². The van der Waals surface area contributed by atoms with E-state index in [1.54, 1.807) is 43.3 Å². The molecule has 2 atom stereocenters. The lowest BCUT2D eigenvalue weighted by molar-refractivity contribution is 0.441. The molecule has 42 heavy (non-hydrogen) atoms. The highest BCUT2D eigenvalue weighted by atomic mass is 35.5. The molecule has 0 spiro atoms. The van der Waals surface area contributed by atoms with Crippen LogP contribution in [0.4, 0.5) is 20.2 Å². The molecule has 0 fully saturated rings. The van der Waals surface area contributed by atoms with Crippen LogP contribution in [-0.2, 0) is 22.2 Å². The fourth-order valence-electron chi connectivity index (χ4n) is 5.11. The number of hydrogen-bond donors (Lipinski definition) is 0. The first-order chi connectivity index (χ1) is 20.1. The highest BCUT2D eigenvalue weighted by Gasteiger charge is 2.58. The van der Waals surface area contributed by atoms with E-state index < -0.39 is 32.1 Å². The minimum Gasteiger partial charge on any atom is -0.428 e. The number of halogens is 4. The van der Waals surface area contributed by atoms with Crippen molar-refractivity contribution in [1.29, 1.82) is 0 Å². The molecule has 2 unspecified atom stereocenters. The largest absolute Gasteiger partial charge is 0.428 e. The molecule has 0 N–H and O–H groups in total. The Hall–Kier alpha value is -3.28. The summed E-state index contributed by atoms with van der Waals surface area (Å²) < 4.78 is 75.0. The molecule has 0 bridgehead atoms. The number of anilines is 2. The molecule has 12 heteroatoms. The predicted molar refractivity (Wildman–Crippen MR) is 163 cm³/mol. The summed E-state index contributed by atoms with van der Waals surface area (Å²) in [5.41, 5.74) is 2.07. The zero-order valence-corrected chi connectivity index (χ0v) is 25.5. The monoisotopic (exact) mass is 646 g/mol. The third kappa shape index (κ3) is 4.91. The fourth-order valence-corrected chi connectivity index (χ4v) is 12.2. The summed E-state index contributed by atoms with van der Waals surface area (Å²) in [5.74, 6) is -0.559. The highest BCUT2D eigenvalue weighted by Crippen LogP contribution is 2.75. The first kappa shape index (κ1) is 28.8. The van der Waals surface area contributed by atoms with Gasteiger partial charge in [-0.2, -0.15) is 0 Å². The van der Waals surface area contributed by atoms with Gasteiger partial charge in [-0.3, -0.25) is 18.5 Å². The predicted octanol–water partition coefficient (Wildman–Crippen LogP) is 10.1. The van der Waals surface area contributed by atoms with Crippen molar-refractivity contribution in [2.24, 2.45) is 0 Å². The molecule has 0 amide bonds. The quantitative estimate of drug-likeness (QED) is 0.159. The van der Waals surface area contributed by atoms with Crippen LogP contribution in [-0.4, -0.2) is 5.40 Å². The number of para-hydroxylation sites is 2. The lowest BCUT2D eigenvalue weighted by Crippen LogP contribution is -2.38. The third-order valence-electron chi connectivity index (χ3n) is 7.15. The van der Waals surface area contributed by atoms with Crippen LogP contribution in [0.15, 0.2) is 97.1 Å². The van der Waals surface area contributed by atoms with Crippen molar-refractivity contribution in [3.8, 4) is 11.5 Å². The van der Waals surface area contributed by atoms with Gasteiger partial charge in [0.15, 0.2) is 5.40 Å². The highest BCUT2D eigenvalue weighted by molar-refractivity contribution is 7.79. The molecule has 0 radical (unpaired) electrons. The molecule has 4 aromatic rings. The maximum absolute atomic E-state index is 15.5. The molecule has 2 aliphatic heterocycles. The standard InChI is InChI=1S/C30H24Cl2F2N2O4P2/c1-2-7-30(41(37)35(22-12-14-26(33)24(31)16-22)18-20-8-3-5-10-28(20)39-41)42(38)36(23-13-15-27(34)25(32)17-23)19-21-9-4-6-11-29(21)40-42/h2-17,30H,18-19H2,1H3/b7-2+. The molecule has 0 saturated heterocycles. The maximum atomic E-state index is 15.5. The first-order valence-corrected chi connectivity index (χ1v) is 17.0. The van der Waals surface area contributed by atoms with Crippen LogP contribution in [0.3, 0.4) is 0 Å². The summed E-state index contributed by atoms with van der Waals surface area (Å²) in [6.07, 6.45) is 3.17. The second-order valence-corrected chi connectivity index (χ2v) is 15.7. The lowest BCUT2D eigenvalue weighted by Gasteiger charge is -2.46. The van der Waals surface area contributed by atoms with Gasteiger partial charge in [0.2, 0.25) is 0 Å². The summed E-state index contributed by atoms with van der Waals surface area (Å²) >= 11 is 12.3. The van der Waals surface area contributed by atoms with E-state index in [4.69, 9.17) is 32.2 Å². The van der Waals surface area contributed by atoms with Gasteiger partial charge in [0.1, 0.15) is 23.1 Å². The lowest BCUT2D eigenvalue weighted by atomic mass is 10.2. The Morgan fingerprint density at radius 1 is 0.738 bits per heavy atom. The number of rotatable bonds is 5. The van der Waals surface area contributed by atoms with Gasteiger partial charge in [-0.25, -0.2) is 8.78 Å². The summed E-state index contributed by atoms with van der Waals surface area (Å²) in [6, 6.07) is 22.1. The molecular weight excluding hydrogens is 623 g/mol. The van der Waals surface area contributed by atoms with E-state index in [-0.39, 0.29) is 23.1 Å². The summed E-state index contributed by atoms with van der Waals surface area (Å²) in [7, 11) is -8.47. The van der Waals surface area contributed by atoms with E-state index >= 15 is 9.13 Å². The molecule has 0 aliphatic carbocycles. The maximum Gasteiger partial charge on any atom is 0.363 e. The Morgan fingerprint density at radius 3 is 1.57 bits per heavy atom. The number of allylic oxidation sites excluding steroid dienone is 2. The molecule has 6 nitrogen and oxygen atoms in total. The van der Waals surface area contributed by atoms with E-state index in [0.717, 1.165) is 11.1 Å². The van der Waals surface area contributed by atoms with Crippen molar-refractivity contribution in [1.82, 2.24) is 0 Å². The second kappa shape index (κ2) is 11.1. The van der Waals surface area contributed by atoms with Crippen molar-refractivity contribution in [3.05, 3.63) is 130 Å². The number of nitrogens with zero attached hydrogens (tertiary/aromatic N) is 2. The van der Waals surface area contributed by atoms with E-state index in [2.05, 4.69) is 0 Å². The summed E-state index contributed by atoms with van der Waals surface area (Å²) in [5, 5.41) is -1.69. The van der Waals surface area contributed by atoms with Crippen LogP contribution >= 0.6 is 38.2 Å². The normalized spacial score (nSPS) is 22.2. The van der Waals surface area contributed by atoms with Gasteiger partial charge in [-0.15, -0.1) is 0 Å². The summed E-state index contributed by atoms with van der Waals surface area (Å²) in [4.78, 5) is 0. The molecule has 6 rings (SSSR count). The van der Waals surface area contributed by atoms with Crippen LogP contribution in [0.25, 0.3) is 0 Å². The Morgan fingerprint density at radius 2 is 1.17 bits per heavy atom. The van der Waals surface area contributed by atoms with Crippen molar-refractivity contribution >= 4 is 49.6 Å². The minimum absolute atomic E-state index is 0.0996. The molecule has 0 aromatic heterocycles. The van der Waals surface area contributed by atoms with Crippen molar-refractivity contribution < 1.29 is 27.0 Å². The van der Waals surface area contributed by atoms with Gasteiger partial charge in [0.25, 0.3) is 0 Å². The van der Waals surface area contributed by atoms with Crippen LogP contribution in [0.5, 0.6) is 11.5 Å². The average molecular weight is 647 g/mol. The Kier molecular flexibility index (Phi) is 7.61. The Bertz CT molecular complexity index is 1700. The molecular formula is C30H24Cl2F2N2O4P2. The van der Waals surface area contributed by atoms with E-state index in [1.807, 2.05) is 24.3 Å². The van der Waals surface area contributed by atoms with Gasteiger partial charge in [0, 0.05) is 22.5 Å². The zero-order valence-electron chi connectivity index (χ0n) is 22.2. The topological polar surface area (TPSA) is 59.1 Å². The van der Waals surface area contributed by atoms with Crippen LogP contribution in [0.2, 0.25) is 10.0 Å². The third-order valence-corrected chi connectivity index (χ3v) is 14.2. The summed E-state index contributed by atoms with van der Waals surface area (Å²) in [6.45, 7) is 1.91. The number of hydrogen-bond acceptors (Lipinski definition) is 4. The molecule has 2 aliphatic rings. The van der Waals surface area contributed by atoms with Crippen molar-refractivity contribution in [2.75, 3.05) is 9.34 Å². The molecule has 2 heterocycles. The number of fused-ring (bicyclic) bond motifs is 2. The second-order valence-electron chi connectivity index (χ2n) is 9.78. The van der Waals surface area contributed by atoms with Gasteiger partial charge in [-0.05, 0) is 55.5 Å². The first-order valence-electron chi connectivity index (χ1n) is 13.0. The van der Waals surface area contributed by atoms with Crippen LogP contribution in [0.1, 0.15) is 18.1 Å². The Balaban J connectivity index is 1.57. The van der Waals surface area contributed by atoms with Crippen molar-refractivity contribution in [3.63, 3.8) is 0 Å². The zero-order chi connectivity index (χ0) is 29.6. The average Bonchev–Trinajstić information content (AvgIpc) is 2.98. The molecule has 0 saturated carbocycles. The van der Waals surface area contributed by atoms with Gasteiger partial charge >= 0.3 is 15.0 Å². The fraction of sp³-hybridized carbons (Fsp3) is 0.133. The minimum atomic E-state index is -4.24.